The van der Waals surface area contributed by atoms with Crippen LogP contribution in [0.1, 0.15) is 20.8 Å². The molecule has 0 spiro atoms. The predicted molar refractivity (Wildman–Crippen MR) is 78.6 cm³/mol. The third kappa shape index (κ3) is 4.25. The van der Waals surface area contributed by atoms with E-state index in [4.69, 9.17) is 5.11 Å². The van der Waals surface area contributed by atoms with E-state index in [9.17, 15) is 14.0 Å². The van der Waals surface area contributed by atoms with E-state index in [-0.39, 0.29) is 5.56 Å². The van der Waals surface area contributed by atoms with Crippen LogP contribution in [-0.2, 0) is 11.3 Å². The third-order valence-corrected chi connectivity index (χ3v) is 3.54. The van der Waals surface area contributed by atoms with Crippen molar-refractivity contribution in [3.63, 3.8) is 0 Å². The summed E-state index contributed by atoms with van der Waals surface area (Å²) >= 11 is 1.50. The lowest BCUT2D eigenvalue weighted by Gasteiger charge is -2.05. The number of carbonyl (C=O) groups is 2. The van der Waals surface area contributed by atoms with Crippen LogP contribution in [0, 0.1) is 5.82 Å². The minimum atomic E-state index is -1.12. The standard InChI is InChI=1S/C15H12FNO3S/c16-13-8-10(4-6-14(18)19)3-5-12(13)15(20)17-9-11-2-1-7-21-11/h1-8H,9H2,(H,17,20)(H,18,19). The maximum atomic E-state index is 13.9. The van der Waals surface area contributed by atoms with Crippen LogP contribution in [0.3, 0.4) is 0 Å². The number of aliphatic carboxylic acids is 1. The fourth-order valence-corrected chi connectivity index (χ4v) is 2.31. The van der Waals surface area contributed by atoms with Crippen molar-refractivity contribution in [3.05, 3.63) is 63.6 Å². The Bertz CT molecular complexity index is 680. The summed E-state index contributed by atoms with van der Waals surface area (Å²) in [4.78, 5) is 23.2. The highest BCUT2D eigenvalue weighted by molar-refractivity contribution is 7.09. The van der Waals surface area contributed by atoms with Gasteiger partial charge in [-0.25, -0.2) is 9.18 Å². The average molecular weight is 305 g/mol. The summed E-state index contributed by atoms with van der Waals surface area (Å²) in [6.07, 6.45) is 2.17. The van der Waals surface area contributed by atoms with Gasteiger partial charge in [0.1, 0.15) is 5.82 Å². The Balaban J connectivity index is 2.05. The summed E-state index contributed by atoms with van der Waals surface area (Å²) in [5.74, 6) is -2.31. The van der Waals surface area contributed by atoms with E-state index >= 15 is 0 Å². The molecule has 1 aromatic carbocycles. The summed E-state index contributed by atoms with van der Waals surface area (Å²) in [5, 5.41) is 13.0. The first kappa shape index (κ1) is 14.9. The lowest BCUT2D eigenvalue weighted by atomic mass is 10.1. The number of rotatable bonds is 5. The number of halogens is 1. The van der Waals surface area contributed by atoms with Crippen molar-refractivity contribution in [2.24, 2.45) is 0 Å². The Kier molecular flexibility index (Phi) is 4.84. The van der Waals surface area contributed by atoms with Gasteiger partial charge in [0, 0.05) is 11.0 Å². The maximum Gasteiger partial charge on any atom is 0.328 e. The molecule has 2 N–H and O–H groups in total. The number of amides is 1. The number of carbonyl (C=O) groups excluding carboxylic acids is 1. The van der Waals surface area contributed by atoms with E-state index in [0.717, 1.165) is 17.0 Å². The third-order valence-electron chi connectivity index (χ3n) is 2.66. The van der Waals surface area contributed by atoms with Crippen molar-refractivity contribution < 1.29 is 19.1 Å². The topological polar surface area (TPSA) is 66.4 Å². The Morgan fingerprint density at radius 3 is 2.76 bits per heavy atom. The number of carboxylic acids is 1. The van der Waals surface area contributed by atoms with Crippen LogP contribution in [0.4, 0.5) is 4.39 Å². The van der Waals surface area contributed by atoms with Gasteiger partial charge in [-0.15, -0.1) is 11.3 Å². The fraction of sp³-hybridized carbons (Fsp3) is 0.0667. The molecule has 1 amide bonds. The molecule has 0 bridgehead atoms. The van der Waals surface area contributed by atoms with E-state index < -0.39 is 17.7 Å². The predicted octanol–water partition coefficient (Wildman–Crippen LogP) is 2.92. The van der Waals surface area contributed by atoms with Crippen LogP contribution in [0.15, 0.2) is 41.8 Å². The minimum absolute atomic E-state index is 0.0703. The van der Waals surface area contributed by atoms with E-state index in [1.807, 2.05) is 17.5 Å². The molecule has 0 fully saturated rings. The smallest absolute Gasteiger partial charge is 0.328 e. The normalized spacial score (nSPS) is 10.7. The van der Waals surface area contributed by atoms with Gasteiger partial charge in [0.25, 0.3) is 5.91 Å². The monoisotopic (exact) mass is 305 g/mol. The Hall–Kier alpha value is -2.47. The van der Waals surface area contributed by atoms with E-state index in [1.165, 1.54) is 29.5 Å². The minimum Gasteiger partial charge on any atom is -0.478 e. The zero-order valence-corrected chi connectivity index (χ0v) is 11.7. The number of carboxylic acid groups (broad SMARTS) is 1. The second-order valence-corrected chi connectivity index (χ2v) is 5.21. The van der Waals surface area contributed by atoms with E-state index in [0.29, 0.717) is 12.1 Å². The zero-order chi connectivity index (χ0) is 15.2. The van der Waals surface area contributed by atoms with Crippen molar-refractivity contribution >= 4 is 29.3 Å². The van der Waals surface area contributed by atoms with Gasteiger partial charge in [-0.3, -0.25) is 4.79 Å². The molecule has 4 nitrogen and oxygen atoms in total. The van der Waals surface area contributed by atoms with Gasteiger partial charge in [0.2, 0.25) is 0 Å². The number of nitrogens with one attached hydrogen (secondary N) is 1. The SMILES string of the molecule is O=C(O)C=Cc1ccc(C(=O)NCc2cccs2)c(F)c1. The summed E-state index contributed by atoms with van der Waals surface area (Å²) < 4.78 is 13.9. The van der Waals surface area contributed by atoms with Crippen LogP contribution in [0.25, 0.3) is 6.08 Å². The Morgan fingerprint density at radius 2 is 2.14 bits per heavy atom. The number of hydrogen-bond acceptors (Lipinski definition) is 3. The van der Waals surface area contributed by atoms with Crippen molar-refractivity contribution in [1.82, 2.24) is 5.32 Å². The Labute approximate surface area is 124 Å². The van der Waals surface area contributed by atoms with Crippen LogP contribution >= 0.6 is 11.3 Å². The largest absolute Gasteiger partial charge is 0.478 e. The van der Waals surface area contributed by atoms with E-state index in [2.05, 4.69) is 5.32 Å². The molecule has 0 aliphatic rings. The molecule has 0 aliphatic heterocycles. The number of benzene rings is 1. The summed E-state index contributed by atoms with van der Waals surface area (Å²) in [5.41, 5.74) is 0.309. The van der Waals surface area contributed by atoms with Crippen molar-refractivity contribution in [3.8, 4) is 0 Å². The van der Waals surface area contributed by atoms with Gasteiger partial charge < -0.3 is 10.4 Å². The average Bonchev–Trinajstić information content (AvgIpc) is 2.96. The van der Waals surface area contributed by atoms with Crippen LogP contribution in [0.5, 0.6) is 0 Å². The summed E-state index contributed by atoms with van der Waals surface area (Å²) in [7, 11) is 0. The molecule has 0 unspecified atom stereocenters. The molecule has 108 valence electrons. The molecule has 6 heteroatoms. The first-order chi connectivity index (χ1) is 10.1. The van der Waals surface area contributed by atoms with Gasteiger partial charge in [-0.2, -0.15) is 0 Å². The molecular formula is C15H12FNO3S. The van der Waals surface area contributed by atoms with Crippen LogP contribution < -0.4 is 5.32 Å². The molecule has 1 heterocycles. The highest BCUT2D eigenvalue weighted by atomic mass is 32.1. The molecule has 1 aromatic heterocycles. The van der Waals surface area contributed by atoms with Gasteiger partial charge >= 0.3 is 5.97 Å². The molecule has 0 radical (unpaired) electrons. The van der Waals surface area contributed by atoms with Gasteiger partial charge in [0.15, 0.2) is 0 Å². The molecule has 21 heavy (non-hydrogen) atoms. The maximum absolute atomic E-state index is 13.9. The van der Waals surface area contributed by atoms with Gasteiger partial charge in [-0.1, -0.05) is 12.1 Å². The summed E-state index contributed by atoms with van der Waals surface area (Å²) in [6, 6.07) is 7.69. The zero-order valence-electron chi connectivity index (χ0n) is 10.9. The van der Waals surface area contributed by atoms with Crippen molar-refractivity contribution in [2.75, 3.05) is 0 Å². The number of hydrogen-bond donors (Lipinski definition) is 2. The first-order valence-electron chi connectivity index (χ1n) is 6.07. The van der Waals surface area contributed by atoms with Gasteiger partial charge in [0.05, 0.1) is 12.1 Å². The second-order valence-electron chi connectivity index (χ2n) is 4.17. The Morgan fingerprint density at radius 1 is 1.33 bits per heavy atom. The molecule has 0 saturated carbocycles. The molecule has 2 rings (SSSR count). The second kappa shape index (κ2) is 6.81. The lowest BCUT2D eigenvalue weighted by molar-refractivity contribution is -0.131. The fourth-order valence-electron chi connectivity index (χ4n) is 1.66. The first-order valence-corrected chi connectivity index (χ1v) is 6.95. The molecule has 0 aliphatic carbocycles. The summed E-state index contributed by atoms with van der Waals surface area (Å²) in [6.45, 7) is 0.344. The van der Waals surface area contributed by atoms with Crippen LogP contribution in [-0.4, -0.2) is 17.0 Å². The molecule has 0 saturated heterocycles. The van der Waals surface area contributed by atoms with Crippen molar-refractivity contribution in [1.29, 1.82) is 0 Å². The highest BCUT2D eigenvalue weighted by Crippen LogP contribution is 2.13. The quantitative estimate of drug-likeness (QED) is 0.835. The molecule has 2 aromatic rings. The number of thiophene rings is 1. The lowest BCUT2D eigenvalue weighted by Crippen LogP contribution is -2.23. The highest BCUT2D eigenvalue weighted by Gasteiger charge is 2.11. The van der Waals surface area contributed by atoms with Crippen LogP contribution in [0.2, 0.25) is 0 Å². The van der Waals surface area contributed by atoms with Gasteiger partial charge in [-0.05, 0) is 35.2 Å². The molecular weight excluding hydrogens is 293 g/mol. The molecule has 0 atom stereocenters. The van der Waals surface area contributed by atoms with Crippen molar-refractivity contribution in [2.45, 2.75) is 6.54 Å². The van der Waals surface area contributed by atoms with E-state index in [1.54, 1.807) is 0 Å².